The van der Waals surface area contributed by atoms with E-state index in [0.717, 1.165) is 29.7 Å². The van der Waals surface area contributed by atoms with Crippen LogP contribution in [0.1, 0.15) is 51.5 Å². The first-order chi connectivity index (χ1) is 16.1. The van der Waals surface area contributed by atoms with Gasteiger partial charge in [-0.3, -0.25) is 0 Å². The number of nitrogens with zero attached hydrogens (tertiary/aromatic N) is 2. The highest BCUT2D eigenvalue weighted by molar-refractivity contribution is 5.88. The fourth-order valence-corrected chi connectivity index (χ4v) is 4.57. The van der Waals surface area contributed by atoms with Gasteiger partial charge < -0.3 is 24.3 Å². The molecule has 1 aliphatic carbocycles. The van der Waals surface area contributed by atoms with Gasteiger partial charge in [0.1, 0.15) is 17.2 Å². The summed E-state index contributed by atoms with van der Waals surface area (Å²) in [6.45, 7) is 7.07. The van der Waals surface area contributed by atoms with Gasteiger partial charge in [-0.1, -0.05) is 6.07 Å². The first-order valence-electron chi connectivity index (χ1n) is 11.8. The average molecular weight is 468 g/mol. The van der Waals surface area contributed by atoms with Crippen molar-refractivity contribution in [3.05, 3.63) is 65.5 Å². The Bertz CT molecular complexity index is 1160. The van der Waals surface area contributed by atoms with Crippen LogP contribution < -0.4 is 5.32 Å². The first-order valence-corrected chi connectivity index (χ1v) is 11.8. The Morgan fingerprint density at radius 1 is 1.18 bits per heavy atom. The Hall–Kier alpha value is -3.22. The summed E-state index contributed by atoms with van der Waals surface area (Å²) < 4.78 is 26.8. The molecule has 0 unspecified atom stereocenters. The van der Waals surface area contributed by atoms with Gasteiger partial charge in [-0.25, -0.2) is 9.18 Å². The first kappa shape index (κ1) is 23.9. The fraction of sp³-hybridized carbons (Fsp3) is 0.444. The van der Waals surface area contributed by atoms with Crippen LogP contribution in [0.4, 0.5) is 14.9 Å². The molecule has 1 aromatic heterocycles. The van der Waals surface area contributed by atoms with Crippen LogP contribution in [0.2, 0.25) is 0 Å². The van der Waals surface area contributed by atoms with E-state index in [1.54, 1.807) is 13.2 Å². The van der Waals surface area contributed by atoms with Crippen LogP contribution in [-0.4, -0.2) is 41.4 Å². The molecule has 0 radical (unpaired) electrons. The van der Waals surface area contributed by atoms with Crippen molar-refractivity contribution in [3.8, 4) is 0 Å². The number of amides is 1. The average Bonchev–Trinajstić information content (AvgIpc) is 3.00. The molecule has 4 rings (SSSR count). The third-order valence-electron chi connectivity index (χ3n) is 6.26. The zero-order valence-corrected chi connectivity index (χ0v) is 20.7. The molecule has 2 aliphatic rings. The van der Waals surface area contributed by atoms with Crippen molar-refractivity contribution in [1.29, 1.82) is 0 Å². The minimum Gasteiger partial charge on any atom is -0.501 e. The third kappa shape index (κ3) is 5.46. The number of halogens is 1. The summed E-state index contributed by atoms with van der Waals surface area (Å²) in [5, 5.41) is 4.59. The number of benzene rings is 1. The molecule has 0 spiro atoms. The molecule has 1 fully saturated rings. The van der Waals surface area contributed by atoms with Gasteiger partial charge in [0.15, 0.2) is 0 Å². The maximum Gasteiger partial charge on any atom is 0.410 e. The highest BCUT2D eigenvalue weighted by Crippen LogP contribution is 2.36. The van der Waals surface area contributed by atoms with E-state index in [0.29, 0.717) is 24.8 Å². The molecule has 2 heterocycles. The number of fused-ring (bicyclic) bond motifs is 1. The normalized spacial score (nSPS) is 17.6. The fourth-order valence-electron chi connectivity index (χ4n) is 4.57. The van der Waals surface area contributed by atoms with Gasteiger partial charge in [0.2, 0.25) is 0 Å². The lowest BCUT2D eigenvalue weighted by Crippen LogP contribution is -2.41. The molecule has 1 saturated heterocycles. The molecule has 0 bridgehead atoms. The lowest BCUT2D eigenvalue weighted by Gasteiger charge is -2.33. The lowest BCUT2D eigenvalue weighted by atomic mass is 9.89. The number of allylic oxidation sites excluding steroid dienone is 4. The zero-order valence-electron chi connectivity index (χ0n) is 20.7. The van der Waals surface area contributed by atoms with Crippen LogP contribution in [0.15, 0.2) is 59.9 Å². The molecule has 2 aromatic rings. The second kappa shape index (κ2) is 9.57. The summed E-state index contributed by atoms with van der Waals surface area (Å²) in [7, 11) is 3.61. The predicted octanol–water partition coefficient (Wildman–Crippen LogP) is 6.38. The number of ether oxygens (including phenoxy) is 2. The van der Waals surface area contributed by atoms with E-state index in [9.17, 15) is 9.18 Å². The molecule has 1 amide bonds. The second-order valence-corrected chi connectivity index (χ2v) is 10.0. The van der Waals surface area contributed by atoms with Crippen LogP contribution in [0, 0.1) is 0 Å². The Kier molecular flexibility index (Phi) is 6.73. The van der Waals surface area contributed by atoms with Crippen LogP contribution >= 0.6 is 0 Å². The van der Waals surface area contributed by atoms with Crippen molar-refractivity contribution < 1.29 is 18.7 Å². The number of aryl methyl sites for hydroxylation is 1. The van der Waals surface area contributed by atoms with Gasteiger partial charge in [0.25, 0.3) is 0 Å². The number of nitrogens with one attached hydrogen (secondary N) is 1. The van der Waals surface area contributed by atoms with Crippen LogP contribution in [-0.2, 0) is 16.5 Å². The quantitative estimate of drug-likeness (QED) is 0.567. The molecule has 182 valence electrons. The molecule has 1 aliphatic heterocycles. The largest absolute Gasteiger partial charge is 0.501 e. The number of hydrogen-bond donors (Lipinski definition) is 1. The Balaban J connectivity index is 1.49. The number of methoxy groups -OCH3 is 1. The van der Waals surface area contributed by atoms with Crippen molar-refractivity contribution in [2.75, 3.05) is 25.5 Å². The summed E-state index contributed by atoms with van der Waals surface area (Å²) in [5.41, 5.74) is 3.66. The number of anilines is 1. The number of hydrogen-bond acceptors (Lipinski definition) is 4. The van der Waals surface area contributed by atoms with Gasteiger partial charge in [0, 0.05) is 43.1 Å². The summed E-state index contributed by atoms with van der Waals surface area (Å²) in [4.78, 5) is 14.2. The lowest BCUT2D eigenvalue weighted by molar-refractivity contribution is 0.0205. The smallest absolute Gasteiger partial charge is 0.410 e. The topological polar surface area (TPSA) is 55.7 Å². The summed E-state index contributed by atoms with van der Waals surface area (Å²) in [5.74, 6) is 0.737. The van der Waals surface area contributed by atoms with Crippen molar-refractivity contribution >= 4 is 22.7 Å². The SMILES string of the molecule is COC1=CC(Nc2ccc3c(C4CCN(C(=O)OC(C)(C)C)CC4)cn(C)c3c2)=CC=C(F)C1. The van der Waals surface area contributed by atoms with Gasteiger partial charge in [-0.05, 0) is 75.5 Å². The van der Waals surface area contributed by atoms with Gasteiger partial charge in [-0.15, -0.1) is 0 Å². The number of piperidine rings is 1. The van der Waals surface area contributed by atoms with E-state index >= 15 is 0 Å². The molecule has 7 heteroatoms. The molecule has 1 aromatic carbocycles. The summed E-state index contributed by atoms with van der Waals surface area (Å²) >= 11 is 0. The van der Waals surface area contributed by atoms with E-state index in [1.165, 1.54) is 17.0 Å². The van der Waals surface area contributed by atoms with Gasteiger partial charge >= 0.3 is 6.09 Å². The van der Waals surface area contributed by atoms with Crippen molar-refractivity contribution in [1.82, 2.24) is 9.47 Å². The minimum atomic E-state index is -0.479. The zero-order chi connectivity index (χ0) is 24.5. The molecular weight excluding hydrogens is 433 g/mol. The molecule has 0 saturated carbocycles. The van der Waals surface area contributed by atoms with E-state index in [2.05, 4.69) is 35.3 Å². The monoisotopic (exact) mass is 467 g/mol. The van der Waals surface area contributed by atoms with E-state index < -0.39 is 5.60 Å². The number of carbonyl (C=O) groups is 1. The highest BCUT2D eigenvalue weighted by atomic mass is 19.1. The summed E-state index contributed by atoms with van der Waals surface area (Å²) in [6, 6.07) is 6.30. The maximum absolute atomic E-state index is 13.8. The molecular formula is C27H34FN3O3. The highest BCUT2D eigenvalue weighted by Gasteiger charge is 2.28. The van der Waals surface area contributed by atoms with Crippen molar-refractivity contribution in [2.24, 2.45) is 7.05 Å². The Morgan fingerprint density at radius 2 is 1.91 bits per heavy atom. The second-order valence-electron chi connectivity index (χ2n) is 10.0. The summed E-state index contributed by atoms with van der Waals surface area (Å²) in [6.07, 6.45) is 8.96. The Labute approximate surface area is 200 Å². The number of likely N-dealkylation sites (tertiary alicyclic amines) is 1. The van der Waals surface area contributed by atoms with Crippen molar-refractivity contribution in [3.63, 3.8) is 0 Å². The molecule has 34 heavy (non-hydrogen) atoms. The number of rotatable bonds is 4. The number of aromatic nitrogens is 1. The molecule has 1 N–H and O–H groups in total. The molecule has 0 atom stereocenters. The predicted molar refractivity (Wildman–Crippen MR) is 133 cm³/mol. The van der Waals surface area contributed by atoms with Crippen LogP contribution in [0.25, 0.3) is 10.9 Å². The molecule has 6 nitrogen and oxygen atoms in total. The number of carbonyl (C=O) groups excluding carboxylic acids is 1. The Morgan fingerprint density at radius 3 is 2.59 bits per heavy atom. The maximum atomic E-state index is 13.8. The van der Waals surface area contributed by atoms with Crippen LogP contribution in [0.5, 0.6) is 0 Å². The van der Waals surface area contributed by atoms with E-state index in [1.807, 2.05) is 37.8 Å². The third-order valence-corrected chi connectivity index (χ3v) is 6.26. The standard InChI is InChI=1S/C27H34FN3O3/c1-27(2,3)34-26(32)31-12-10-18(11-13-31)24-17-30(4)25-16-21(8-9-23(24)25)29-20-7-6-19(28)14-22(15-20)33-5/h6-9,15-18,29H,10-14H2,1-5H3. The van der Waals surface area contributed by atoms with Gasteiger partial charge in [0.05, 0.1) is 19.0 Å². The van der Waals surface area contributed by atoms with Crippen LogP contribution in [0.3, 0.4) is 0 Å². The minimum absolute atomic E-state index is 0.158. The van der Waals surface area contributed by atoms with E-state index in [-0.39, 0.29) is 18.3 Å². The van der Waals surface area contributed by atoms with E-state index in [4.69, 9.17) is 9.47 Å². The van der Waals surface area contributed by atoms with Gasteiger partial charge in [-0.2, -0.15) is 0 Å². The van der Waals surface area contributed by atoms with Crippen molar-refractivity contribution in [2.45, 2.75) is 51.6 Å².